The van der Waals surface area contributed by atoms with Gasteiger partial charge in [-0.05, 0) is 60.2 Å². The Bertz CT molecular complexity index is 1190. The Morgan fingerprint density at radius 3 is 1.82 bits per heavy atom. The van der Waals surface area contributed by atoms with Crippen molar-refractivity contribution in [3.05, 3.63) is 77.3 Å². The van der Waals surface area contributed by atoms with Crippen LogP contribution in [0.3, 0.4) is 0 Å². The maximum absolute atomic E-state index is 6.76. The average Bonchev–Trinajstić information content (AvgIpc) is 2.97. The van der Waals surface area contributed by atoms with Crippen molar-refractivity contribution in [1.82, 2.24) is 9.80 Å². The molecule has 0 aromatic heterocycles. The van der Waals surface area contributed by atoms with Gasteiger partial charge in [0.15, 0.2) is 0 Å². The minimum Gasteiger partial charge on any atom is -0.497 e. The molecule has 0 spiro atoms. The molecule has 2 aliphatic rings. The van der Waals surface area contributed by atoms with Crippen molar-refractivity contribution in [2.75, 3.05) is 100 Å². The highest BCUT2D eigenvalue weighted by atomic mass is 35.5. The van der Waals surface area contributed by atoms with Crippen molar-refractivity contribution in [2.45, 2.75) is 6.54 Å². The van der Waals surface area contributed by atoms with Gasteiger partial charge in [-0.15, -0.1) is 0 Å². The number of anilines is 4. The summed E-state index contributed by atoms with van der Waals surface area (Å²) in [6, 6.07) is 22.9. The summed E-state index contributed by atoms with van der Waals surface area (Å²) in [5.41, 5.74) is 11.4. The third-order valence-electron chi connectivity index (χ3n) is 8.02. The van der Waals surface area contributed by atoms with E-state index in [1.165, 1.54) is 16.9 Å². The van der Waals surface area contributed by atoms with Crippen LogP contribution in [0.5, 0.6) is 5.75 Å². The van der Waals surface area contributed by atoms with Crippen LogP contribution in [-0.2, 0) is 6.54 Å². The molecule has 7 nitrogen and oxygen atoms in total. The van der Waals surface area contributed by atoms with E-state index in [-0.39, 0.29) is 0 Å². The predicted molar refractivity (Wildman–Crippen MR) is 165 cm³/mol. The van der Waals surface area contributed by atoms with Gasteiger partial charge in [0.2, 0.25) is 0 Å². The van der Waals surface area contributed by atoms with Crippen LogP contribution < -0.4 is 25.2 Å². The molecule has 8 heteroatoms. The highest BCUT2D eigenvalue weighted by molar-refractivity contribution is 6.33. The number of halogens is 1. The normalized spacial score (nSPS) is 16.9. The molecule has 2 saturated heterocycles. The third-order valence-corrected chi connectivity index (χ3v) is 8.32. The van der Waals surface area contributed by atoms with Crippen LogP contribution in [0.1, 0.15) is 5.56 Å². The molecule has 0 radical (unpaired) electrons. The molecular weight excluding hydrogens is 508 g/mol. The first-order chi connectivity index (χ1) is 19.0. The summed E-state index contributed by atoms with van der Waals surface area (Å²) in [6.07, 6.45) is 0. The number of piperazine rings is 2. The topological polar surface area (TPSA) is 51.5 Å². The molecule has 5 rings (SSSR count). The molecule has 2 fully saturated rings. The Morgan fingerprint density at radius 2 is 1.28 bits per heavy atom. The zero-order valence-corrected chi connectivity index (χ0v) is 24.0. The van der Waals surface area contributed by atoms with E-state index in [0.717, 1.165) is 94.1 Å². The monoisotopic (exact) mass is 548 g/mol. The molecule has 3 aromatic carbocycles. The summed E-state index contributed by atoms with van der Waals surface area (Å²) in [7, 11) is 3.77. The Hall–Kier alpha value is -3.13. The van der Waals surface area contributed by atoms with Gasteiger partial charge in [0.05, 0.1) is 17.8 Å². The van der Waals surface area contributed by atoms with Crippen molar-refractivity contribution in [3.8, 4) is 5.75 Å². The molecule has 0 bridgehead atoms. The maximum atomic E-state index is 6.76. The standard InChI is InChI=1S/C31H41ClN6O/c1-34(24-25-3-10-29(39-2)11-4-25)31-12-9-28(23-30(31)32)38-21-17-36(18-22-38)14-13-35-15-19-37(20-16-35)27-7-5-26(33)6-8-27/h3-12,23H,13-22,24,33H2,1-2H3. The van der Waals surface area contributed by atoms with Gasteiger partial charge in [0.1, 0.15) is 5.75 Å². The number of hydrogen-bond acceptors (Lipinski definition) is 7. The number of methoxy groups -OCH3 is 1. The van der Waals surface area contributed by atoms with E-state index in [1.807, 2.05) is 24.3 Å². The second kappa shape index (κ2) is 12.8. The molecule has 39 heavy (non-hydrogen) atoms. The maximum Gasteiger partial charge on any atom is 0.118 e. The van der Waals surface area contributed by atoms with Crippen molar-refractivity contribution in [3.63, 3.8) is 0 Å². The lowest BCUT2D eigenvalue weighted by atomic mass is 10.1. The van der Waals surface area contributed by atoms with E-state index in [2.05, 4.69) is 74.0 Å². The lowest BCUT2D eigenvalue weighted by Crippen LogP contribution is -2.51. The largest absolute Gasteiger partial charge is 0.497 e. The number of ether oxygens (including phenoxy) is 1. The molecule has 208 valence electrons. The lowest BCUT2D eigenvalue weighted by molar-refractivity contribution is 0.190. The SMILES string of the molecule is COc1ccc(CN(C)c2ccc(N3CCN(CCN4CCN(c5ccc(N)cc5)CC4)CC3)cc2Cl)cc1. The van der Waals surface area contributed by atoms with Crippen molar-refractivity contribution < 1.29 is 4.74 Å². The fourth-order valence-electron chi connectivity index (χ4n) is 5.52. The van der Waals surface area contributed by atoms with Gasteiger partial charge in [-0.2, -0.15) is 0 Å². The van der Waals surface area contributed by atoms with E-state index < -0.39 is 0 Å². The van der Waals surface area contributed by atoms with Crippen molar-refractivity contribution in [2.24, 2.45) is 0 Å². The predicted octanol–water partition coefficient (Wildman–Crippen LogP) is 4.51. The van der Waals surface area contributed by atoms with E-state index in [1.54, 1.807) is 7.11 Å². The molecule has 0 atom stereocenters. The number of nitrogen functional groups attached to an aromatic ring is 1. The Balaban J connectivity index is 1.05. The van der Waals surface area contributed by atoms with E-state index in [4.69, 9.17) is 22.1 Å². The Morgan fingerprint density at radius 1 is 0.744 bits per heavy atom. The third kappa shape index (κ3) is 7.10. The second-order valence-corrected chi connectivity index (χ2v) is 11.0. The Kier molecular flexibility index (Phi) is 9.02. The number of rotatable bonds is 9. The van der Waals surface area contributed by atoms with Gasteiger partial charge >= 0.3 is 0 Å². The van der Waals surface area contributed by atoms with Gasteiger partial charge < -0.3 is 25.2 Å². The number of nitrogens with two attached hydrogens (primary N) is 1. The Labute approximate surface area is 238 Å². The molecule has 2 N–H and O–H groups in total. The molecule has 0 saturated carbocycles. The van der Waals surface area contributed by atoms with E-state index in [9.17, 15) is 0 Å². The molecular formula is C31H41ClN6O. The highest BCUT2D eigenvalue weighted by Crippen LogP contribution is 2.31. The zero-order valence-electron chi connectivity index (χ0n) is 23.2. The van der Waals surface area contributed by atoms with Crippen molar-refractivity contribution in [1.29, 1.82) is 0 Å². The minimum absolute atomic E-state index is 0.790. The van der Waals surface area contributed by atoms with Gasteiger partial charge in [0, 0.05) is 96.1 Å². The fraction of sp³-hybridized carbons (Fsp3) is 0.419. The highest BCUT2D eigenvalue weighted by Gasteiger charge is 2.21. The van der Waals surface area contributed by atoms with E-state index >= 15 is 0 Å². The first-order valence-electron chi connectivity index (χ1n) is 13.9. The first kappa shape index (κ1) is 27.4. The first-order valence-corrected chi connectivity index (χ1v) is 14.3. The summed E-state index contributed by atoms with van der Waals surface area (Å²) in [5.74, 6) is 0.872. The van der Waals surface area contributed by atoms with Gasteiger partial charge in [-0.3, -0.25) is 9.80 Å². The van der Waals surface area contributed by atoms with Crippen LogP contribution in [0.25, 0.3) is 0 Å². The summed E-state index contributed by atoms with van der Waals surface area (Å²) < 4.78 is 5.27. The summed E-state index contributed by atoms with van der Waals surface area (Å²) in [4.78, 5) is 12.3. The molecule has 2 aliphatic heterocycles. The lowest BCUT2D eigenvalue weighted by Gasteiger charge is -2.39. The van der Waals surface area contributed by atoms with Crippen LogP contribution in [0.2, 0.25) is 5.02 Å². The van der Waals surface area contributed by atoms with Crippen LogP contribution in [0.15, 0.2) is 66.7 Å². The summed E-state index contributed by atoms with van der Waals surface area (Å²) in [6.45, 7) is 11.7. The van der Waals surface area contributed by atoms with Gasteiger partial charge in [0.25, 0.3) is 0 Å². The average molecular weight is 549 g/mol. The smallest absolute Gasteiger partial charge is 0.118 e. The molecule has 0 unspecified atom stereocenters. The van der Waals surface area contributed by atoms with Crippen LogP contribution >= 0.6 is 11.6 Å². The van der Waals surface area contributed by atoms with Crippen LogP contribution in [-0.4, -0.2) is 89.4 Å². The molecule has 3 aromatic rings. The van der Waals surface area contributed by atoms with Gasteiger partial charge in [-0.25, -0.2) is 0 Å². The number of benzene rings is 3. The zero-order chi connectivity index (χ0) is 27.2. The summed E-state index contributed by atoms with van der Waals surface area (Å²) >= 11 is 6.76. The number of hydrogen-bond donors (Lipinski definition) is 1. The van der Waals surface area contributed by atoms with Crippen LogP contribution in [0.4, 0.5) is 22.7 Å². The van der Waals surface area contributed by atoms with Crippen molar-refractivity contribution >= 4 is 34.4 Å². The second-order valence-electron chi connectivity index (χ2n) is 10.6. The molecule has 2 heterocycles. The van der Waals surface area contributed by atoms with Gasteiger partial charge in [-0.1, -0.05) is 23.7 Å². The minimum atomic E-state index is 0.790. The molecule has 0 aliphatic carbocycles. The summed E-state index contributed by atoms with van der Waals surface area (Å²) in [5, 5.41) is 0.795. The molecule has 0 amide bonds. The quantitative estimate of drug-likeness (QED) is 0.395. The number of nitrogens with zero attached hydrogens (tertiary/aromatic N) is 5. The van der Waals surface area contributed by atoms with Crippen LogP contribution in [0, 0.1) is 0 Å². The fourth-order valence-corrected chi connectivity index (χ4v) is 5.84. The van der Waals surface area contributed by atoms with E-state index in [0.29, 0.717) is 0 Å².